The predicted molar refractivity (Wildman–Crippen MR) is 71.1 cm³/mol. The standard InChI is InChI=1S/C14H23N3O2/c15-10-6-8-2-1-3-9(7-10)13(8)17-14(19)11-4-5-12(18)16-11/h8-11,13H,1-7,15H2,(H,16,18)(H,17,19). The quantitative estimate of drug-likeness (QED) is 0.671. The van der Waals surface area contributed by atoms with E-state index in [9.17, 15) is 9.59 Å². The molecular weight excluding hydrogens is 242 g/mol. The van der Waals surface area contributed by atoms with E-state index in [4.69, 9.17) is 5.73 Å². The van der Waals surface area contributed by atoms with Crippen molar-refractivity contribution in [3.63, 3.8) is 0 Å². The van der Waals surface area contributed by atoms with Crippen molar-refractivity contribution in [2.75, 3.05) is 0 Å². The Labute approximate surface area is 113 Å². The Kier molecular flexibility index (Phi) is 3.48. The molecule has 0 aromatic carbocycles. The molecule has 4 N–H and O–H groups in total. The maximum Gasteiger partial charge on any atom is 0.242 e. The first-order chi connectivity index (χ1) is 9.13. The molecule has 5 nitrogen and oxygen atoms in total. The van der Waals surface area contributed by atoms with Crippen LogP contribution in [0.15, 0.2) is 0 Å². The second-order valence-electron chi connectivity index (χ2n) is 6.38. The topological polar surface area (TPSA) is 84.2 Å². The molecule has 3 atom stereocenters. The van der Waals surface area contributed by atoms with Gasteiger partial charge in [0, 0.05) is 18.5 Å². The Morgan fingerprint density at radius 2 is 1.89 bits per heavy atom. The van der Waals surface area contributed by atoms with Crippen LogP contribution < -0.4 is 16.4 Å². The molecule has 0 aromatic heterocycles. The molecule has 3 rings (SSSR count). The van der Waals surface area contributed by atoms with E-state index < -0.39 is 0 Å². The van der Waals surface area contributed by atoms with Gasteiger partial charge in [-0.05, 0) is 43.9 Å². The maximum absolute atomic E-state index is 12.2. The fourth-order valence-corrected chi connectivity index (χ4v) is 4.10. The van der Waals surface area contributed by atoms with Crippen LogP contribution in [0.1, 0.15) is 44.9 Å². The molecular formula is C14H23N3O2. The summed E-state index contributed by atoms with van der Waals surface area (Å²) < 4.78 is 0. The number of amides is 2. The number of nitrogens with two attached hydrogens (primary N) is 1. The monoisotopic (exact) mass is 265 g/mol. The first-order valence-electron chi connectivity index (χ1n) is 7.49. The Balaban J connectivity index is 1.62. The summed E-state index contributed by atoms with van der Waals surface area (Å²) in [5.74, 6) is 1.06. The molecule has 3 unspecified atom stereocenters. The molecule has 3 fully saturated rings. The Bertz CT molecular complexity index is 371. The minimum atomic E-state index is -0.316. The van der Waals surface area contributed by atoms with Crippen molar-refractivity contribution in [1.29, 1.82) is 0 Å². The summed E-state index contributed by atoms with van der Waals surface area (Å²) in [7, 11) is 0. The lowest BCUT2D eigenvalue weighted by Crippen LogP contribution is -2.56. The van der Waals surface area contributed by atoms with Crippen molar-refractivity contribution >= 4 is 11.8 Å². The lowest BCUT2D eigenvalue weighted by atomic mass is 9.67. The third-order valence-electron chi connectivity index (χ3n) is 5.00. The summed E-state index contributed by atoms with van der Waals surface area (Å²) in [6.07, 6.45) is 6.76. The fraction of sp³-hybridized carbons (Fsp3) is 0.857. The van der Waals surface area contributed by atoms with Crippen LogP contribution in [0, 0.1) is 11.8 Å². The van der Waals surface area contributed by atoms with E-state index in [1.165, 1.54) is 19.3 Å². The van der Waals surface area contributed by atoms with Crippen LogP contribution in [0.2, 0.25) is 0 Å². The van der Waals surface area contributed by atoms with E-state index in [0.29, 0.717) is 30.7 Å². The zero-order valence-corrected chi connectivity index (χ0v) is 11.2. The van der Waals surface area contributed by atoms with Crippen LogP contribution in [-0.2, 0) is 9.59 Å². The number of nitrogens with one attached hydrogen (secondary N) is 2. The lowest BCUT2D eigenvalue weighted by molar-refractivity contribution is -0.127. The Morgan fingerprint density at radius 1 is 1.21 bits per heavy atom. The van der Waals surface area contributed by atoms with E-state index in [-0.39, 0.29) is 23.9 Å². The first-order valence-corrected chi connectivity index (χ1v) is 7.49. The molecule has 5 heteroatoms. The first kappa shape index (κ1) is 12.9. The molecule has 1 heterocycles. The van der Waals surface area contributed by atoms with Crippen molar-refractivity contribution in [2.24, 2.45) is 17.6 Å². The van der Waals surface area contributed by atoms with Crippen molar-refractivity contribution in [2.45, 2.75) is 63.1 Å². The van der Waals surface area contributed by atoms with E-state index in [1.807, 2.05) is 0 Å². The minimum absolute atomic E-state index is 0.00298. The lowest BCUT2D eigenvalue weighted by Gasteiger charge is -2.45. The Morgan fingerprint density at radius 3 is 2.47 bits per heavy atom. The molecule has 2 saturated carbocycles. The summed E-state index contributed by atoms with van der Waals surface area (Å²) in [5, 5.41) is 5.94. The van der Waals surface area contributed by atoms with Gasteiger partial charge in [0.1, 0.15) is 6.04 Å². The molecule has 1 saturated heterocycles. The molecule has 0 aromatic rings. The van der Waals surface area contributed by atoms with Crippen LogP contribution in [0.25, 0.3) is 0 Å². The Hall–Kier alpha value is -1.10. The third kappa shape index (κ3) is 2.61. The minimum Gasteiger partial charge on any atom is -0.351 e. The predicted octanol–water partition coefficient (Wildman–Crippen LogP) is 0.287. The van der Waals surface area contributed by atoms with Gasteiger partial charge in [-0.25, -0.2) is 0 Å². The highest BCUT2D eigenvalue weighted by Gasteiger charge is 2.41. The van der Waals surface area contributed by atoms with Gasteiger partial charge in [-0.3, -0.25) is 9.59 Å². The second kappa shape index (κ2) is 5.12. The van der Waals surface area contributed by atoms with Crippen LogP contribution in [0.5, 0.6) is 0 Å². The van der Waals surface area contributed by atoms with Gasteiger partial charge in [0.05, 0.1) is 0 Å². The van der Waals surface area contributed by atoms with E-state index in [0.717, 1.165) is 12.8 Å². The normalized spacial score (nSPS) is 41.7. The van der Waals surface area contributed by atoms with Gasteiger partial charge >= 0.3 is 0 Å². The number of fused-ring (bicyclic) bond motifs is 2. The summed E-state index contributed by atoms with van der Waals surface area (Å²) in [5.41, 5.74) is 6.09. The van der Waals surface area contributed by atoms with Gasteiger partial charge in [0.25, 0.3) is 0 Å². The molecule has 3 aliphatic rings. The van der Waals surface area contributed by atoms with Gasteiger partial charge in [-0.15, -0.1) is 0 Å². The summed E-state index contributed by atoms with van der Waals surface area (Å²) >= 11 is 0. The average molecular weight is 265 g/mol. The molecule has 0 radical (unpaired) electrons. The molecule has 2 bridgehead atoms. The smallest absolute Gasteiger partial charge is 0.242 e. The van der Waals surface area contributed by atoms with Crippen LogP contribution >= 0.6 is 0 Å². The van der Waals surface area contributed by atoms with Gasteiger partial charge in [-0.1, -0.05) is 6.42 Å². The van der Waals surface area contributed by atoms with Gasteiger partial charge < -0.3 is 16.4 Å². The summed E-state index contributed by atoms with van der Waals surface area (Å²) in [6, 6.07) is 0.261. The highest BCUT2D eigenvalue weighted by Crippen LogP contribution is 2.39. The largest absolute Gasteiger partial charge is 0.351 e. The third-order valence-corrected chi connectivity index (χ3v) is 5.00. The molecule has 106 valence electrons. The van der Waals surface area contributed by atoms with Gasteiger partial charge in [0.2, 0.25) is 11.8 Å². The van der Waals surface area contributed by atoms with Crippen LogP contribution in [0.3, 0.4) is 0 Å². The van der Waals surface area contributed by atoms with Crippen molar-refractivity contribution in [3.8, 4) is 0 Å². The van der Waals surface area contributed by atoms with E-state index in [1.54, 1.807) is 0 Å². The molecule has 2 amide bonds. The zero-order chi connectivity index (χ0) is 13.4. The molecule has 0 spiro atoms. The number of rotatable bonds is 2. The average Bonchev–Trinajstić information content (AvgIpc) is 2.77. The highest BCUT2D eigenvalue weighted by atomic mass is 16.2. The summed E-state index contributed by atoms with van der Waals surface area (Å²) in [6.45, 7) is 0. The number of carbonyl (C=O) groups excluding carboxylic acids is 2. The van der Waals surface area contributed by atoms with Crippen molar-refractivity contribution in [3.05, 3.63) is 0 Å². The highest BCUT2D eigenvalue weighted by molar-refractivity contribution is 5.90. The van der Waals surface area contributed by atoms with E-state index >= 15 is 0 Å². The van der Waals surface area contributed by atoms with Crippen LogP contribution in [0.4, 0.5) is 0 Å². The van der Waals surface area contributed by atoms with Crippen molar-refractivity contribution in [1.82, 2.24) is 10.6 Å². The van der Waals surface area contributed by atoms with Crippen LogP contribution in [-0.4, -0.2) is 29.9 Å². The molecule has 1 aliphatic heterocycles. The number of hydrogen-bond donors (Lipinski definition) is 3. The maximum atomic E-state index is 12.2. The summed E-state index contributed by atoms with van der Waals surface area (Å²) in [4.78, 5) is 23.4. The van der Waals surface area contributed by atoms with Gasteiger partial charge in [0.15, 0.2) is 0 Å². The molecule has 19 heavy (non-hydrogen) atoms. The van der Waals surface area contributed by atoms with Gasteiger partial charge in [-0.2, -0.15) is 0 Å². The second-order valence-corrected chi connectivity index (χ2v) is 6.38. The SMILES string of the molecule is NC1CC2CCCC(C1)C2NC(=O)C1CCC(=O)N1. The van der Waals surface area contributed by atoms with Crippen molar-refractivity contribution < 1.29 is 9.59 Å². The van der Waals surface area contributed by atoms with E-state index in [2.05, 4.69) is 10.6 Å². The fourth-order valence-electron chi connectivity index (χ4n) is 4.10. The number of hydrogen-bond acceptors (Lipinski definition) is 3. The zero-order valence-electron chi connectivity index (χ0n) is 11.2. The number of carbonyl (C=O) groups is 2. The molecule has 2 aliphatic carbocycles.